The minimum atomic E-state index is -4.61. The van der Waals surface area contributed by atoms with E-state index in [9.17, 15) is 35.9 Å². The molecule has 0 unspecified atom stereocenters. The zero-order valence-corrected chi connectivity index (χ0v) is 20.3. The molecule has 0 bridgehead atoms. The molecule has 1 aliphatic rings. The van der Waals surface area contributed by atoms with Gasteiger partial charge >= 0.3 is 6.18 Å². The van der Waals surface area contributed by atoms with E-state index in [1.165, 1.54) is 13.0 Å². The van der Waals surface area contributed by atoms with E-state index in [4.69, 9.17) is 0 Å². The van der Waals surface area contributed by atoms with Crippen molar-refractivity contribution in [3.8, 4) is 16.9 Å². The molecule has 3 heterocycles. The first-order chi connectivity index (χ1) is 17.3. The van der Waals surface area contributed by atoms with Crippen molar-refractivity contribution in [2.75, 3.05) is 6.54 Å². The molecule has 13 heteroatoms. The van der Waals surface area contributed by atoms with Crippen molar-refractivity contribution < 1.29 is 35.9 Å². The van der Waals surface area contributed by atoms with Gasteiger partial charge in [-0.2, -0.15) is 17.5 Å². The number of nitrogens with one attached hydrogen (secondary N) is 1. The highest BCUT2D eigenvalue weighted by Crippen LogP contribution is 2.35. The van der Waals surface area contributed by atoms with Gasteiger partial charge in [0.15, 0.2) is 0 Å². The summed E-state index contributed by atoms with van der Waals surface area (Å²) < 4.78 is 79.1. The Morgan fingerprint density at radius 2 is 1.84 bits per heavy atom. The Bertz CT molecular complexity index is 1410. The first-order valence-corrected chi connectivity index (χ1v) is 12.5. The van der Waals surface area contributed by atoms with E-state index in [0.717, 1.165) is 53.1 Å². The van der Waals surface area contributed by atoms with Gasteiger partial charge in [0.2, 0.25) is 15.9 Å². The smallest absolute Gasteiger partial charge is 0.433 e. The summed E-state index contributed by atoms with van der Waals surface area (Å²) in [6.07, 6.45) is -1.85. The second-order valence-corrected chi connectivity index (χ2v) is 10.6. The first-order valence-electron chi connectivity index (χ1n) is 11.1. The lowest BCUT2D eigenvalue weighted by Crippen LogP contribution is -2.55. The van der Waals surface area contributed by atoms with Crippen LogP contribution in [0.25, 0.3) is 11.1 Å². The van der Waals surface area contributed by atoms with E-state index >= 15 is 0 Å². The van der Waals surface area contributed by atoms with Crippen molar-refractivity contribution in [1.29, 1.82) is 0 Å². The maximum Gasteiger partial charge on any atom is 0.433 e. The molecule has 8 nitrogen and oxygen atoms in total. The molecule has 1 aliphatic heterocycles. The lowest BCUT2D eigenvalue weighted by molar-refractivity contribution is -0.141. The third-order valence-electron chi connectivity index (χ3n) is 6.20. The van der Waals surface area contributed by atoms with Crippen LogP contribution in [0.5, 0.6) is 5.75 Å². The van der Waals surface area contributed by atoms with Gasteiger partial charge in [-0.05, 0) is 56.2 Å². The Hall–Kier alpha value is -3.58. The molecule has 1 fully saturated rings. The van der Waals surface area contributed by atoms with Crippen molar-refractivity contribution in [3.63, 3.8) is 0 Å². The standard InChI is InChI=1S/C24H22F4N4O4S/c1-23(9-2-10-32(23)37(35,36)18-6-4-16(25)5-7-18)22(34)31-13-17-11-19(20(33)14-29-17)15-3-8-21(30-12-15)24(26,27)28/h3-8,11-12,14,33H,2,9-10,13H2,1H3,(H,31,34)/t23-/m0/s1. The number of nitrogens with zero attached hydrogens (tertiary/aromatic N) is 3. The Morgan fingerprint density at radius 3 is 2.46 bits per heavy atom. The molecule has 37 heavy (non-hydrogen) atoms. The van der Waals surface area contributed by atoms with E-state index in [1.54, 1.807) is 0 Å². The zero-order chi connectivity index (χ0) is 27.0. The fraction of sp³-hybridized carbons (Fsp3) is 0.292. The fourth-order valence-electron chi connectivity index (χ4n) is 4.19. The normalized spacial score (nSPS) is 18.6. The number of carbonyl (C=O) groups is 1. The number of rotatable bonds is 6. The van der Waals surface area contributed by atoms with Gasteiger partial charge in [-0.15, -0.1) is 0 Å². The quantitative estimate of drug-likeness (QED) is 0.461. The van der Waals surface area contributed by atoms with Gasteiger partial charge in [0.1, 0.15) is 22.8 Å². The monoisotopic (exact) mass is 538 g/mol. The fourth-order valence-corrected chi connectivity index (χ4v) is 5.99. The van der Waals surface area contributed by atoms with Gasteiger partial charge in [0.25, 0.3) is 0 Å². The van der Waals surface area contributed by atoms with E-state index < -0.39 is 39.2 Å². The molecule has 3 aromatic rings. The molecule has 2 N–H and O–H groups in total. The number of aromatic nitrogens is 2. The number of hydrogen-bond donors (Lipinski definition) is 2. The van der Waals surface area contributed by atoms with Crippen LogP contribution >= 0.6 is 0 Å². The number of hydrogen-bond acceptors (Lipinski definition) is 6. The van der Waals surface area contributed by atoms with Crippen molar-refractivity contribution in [1.82, 2.24) is 19.6 Å². The van der Waals surface area contributed by atoms with E-state index in [-0.39, 0.29) is 47.0 Å². The molecule has 0 saturated carbocycles. The van der Waals surface area contributed by atoms with Crippen molar-refractivity contribution in [2.24, 2.45) is 0 Å². The van der Waals surface area contributed by atoms with Gasteiger partial charge in [-0.25, -0.2) is 12.8 Å². The third-order valence-corrected chi connectivity index (χ3v) is 8.23. The molecule has 1 saturated heterocycles. The summed E-state index contributed by atoms with van der Waals surface area (Å²) in [5.74, 6) is -1.46. The lowest BCUT2D eigenvalue weighted by Gasteiger charge is -2.33. The minimum absolute atomic E-state index is 0.103. The molecule has 1 aromatic carbocycles. The number of sulfonamides is 1. The molecule has 2 aromatic heterocycles. The van der Waals surface area contributed by atoms with Gasteiger partial charge in [-0.3, -0.25) is 14.8 Å². The van der Waals surface area contributed by atoms with Crippen molar-refractivity contribution >= 4 is 15.9 Å². The molecular formula is C24H22F4N4O4S. The summed E-state index contributed by atoms with van der Waals surface area (Å²) >= 11 is 0. The van der Waals surface area contributed by atoms with Gasteiger partial charge in [-0.1, -0.05) is 6.07 Å². The maximum absolute atomic E-state index is 13.3. The van der Waals surface area contributed by atoms with Gasteiger partial charge < -0.3 is 10.4 Å². The van der Waals surface area contributed by atoms with Crippen LogP contribution in [0.15, 0.2) is 59.8 Å². The van der Waals surface area contributed by atoms with E-state index in [0.29, 0.717) is 6.42 Å². The van der Waals surface area contributed by atoms with Crippen molar-refractivity contribution in [2.45, 2.75) is 42.9 Å². The molecule has 0 spiro atoms. The molecule has 1 atom stereocenters. The summed E-state index contributed by atoms with van der Waals surface area (Å²) in [6, 6.07) is 7.67. The number of halogens is 4. The Morgan fingerprint density at radius 1 is 1.14 bits per heavy atom. The Balaban J connectivity index is 1.52. The molecule has 196 valence electrons. The summed E-state index contributed by atoms with van der Waals surface area (Å²) in [4.78, 5) is 20.4. The predicted octanol–water partition coefficient (Wildman–Crippen LogP) is 3.87. The molecule has 0 radical (unpaired) electrons. The SMILES string of the molecule is C[C@@]1(C(=O)NCc2cc(-c3ccc(C(F)(F)F)nc3)c(O)cn2)CCCN1S(=O)(=O)c1ccc(F)cc1. The van der Waals surface area contributed by atoms with Crippen LogP contribution < -0.4 is 5.32 Å². The summed E-state index contributed by atoms with van der Waals surface area (Å²) in [6.45, 7) is 1.46. The largest absolute Gasteiger partial charge is 0.506 e. The average Bonchev–Trinajstić information content (AvgIpc) is 3.27. The van der Waals surface area contributed by atoms with Crippen LogP contribution in [0.3, 0.4) is 0 Å². The number of amides is 1. The van der Waals surface area contributed by atoms with Crippen LogP contribution in [0.2, 0.25) is 0 Å². The average molecular weight is 539 g/mol. The maximum atomic E-state index is 13.3. The number of pyridine rings is 2. The topological polar surface area (TPSA) is 112 Å². The second-order valence-electron chi connectivity index (χ2n) is 8.71. The minimum Gasteiger partial charge on any atom is -0.506 e. The number of carbonyl (C=O) groups excluding carboxylic acids is 1. The molecule has 4 rings (SSSR count). The summed E-state index contributed by atoms with van der Waals surface area (Å²) in [7, 11) is -4.08. The summed E-state index contributed by atoms with van der Waals surface area (Å²) in [5.41, 5.74) is -1.85. The Labute approximate surface area is 210 Å². The highest BCUT2D eigenvalue weighted by Gasteiger charge is 2.49. The van der Waals surface area contributed by atoms with Crippen LogP contribution in [0, 0.1) is 5.82 Å². The number of aromatic hydroxyl groups is 1. The first kappa shape index (κ1) is 26.5. The van der Waals surface area contributed by atoms with E-state index in [2.05, 4.69) is 15.3 Å². The van der Waals surface area contributed by atoms with Crippen molar-refractivity contribution in [3.05, 3.63) is 72.1 Å². The van der Waals surface area contributed by atoms with Gasteiger partial charge in [0.05, 0.1) is 23.3 Å². The summed E-state index contributed by atoms with van der Waals surface area (Å²) in [5, 5.41) is 12.8. The predicted molar refractivity (Wildman–Crippen MR) is 124 cm³/mol. The molecule has 0 aliphatic carbocycles. The number of benzene rings is 1. The molecule has 1 amide bonds. The van der Waals surface area contributed by atoms with Crippen LogP contribution in [-0.4, -0.2) is 45.8 Å². The van der Waals surface area contributed by atoms with Gasteiger partial charge in [0, 0.05) is 23.9 Å². The lowest BCUT2D eigenvalue weighted by atomic mass is 9.99. The van der Waals surface area contributed by atoms with Crippen LogP contribution in [0.4, 0.5) is 17.6 Å². The zero-order valence-electron chi connectivity index (χ0n) is 19.5. The number of alkyl halides is 3. The third kappa shape index (κ3) is 5.27. The molecular weight excluding hydrogens is 516 g/mol. The van der Waals surface area contributed by atoms with Crippen LogP contribution in [0.1, 0.15) is 31.2 Å². The second kappa shape index (κ2) is 9.71. The Kier molecular flexibility index (Phi) is 6.95. The van der Waals surface area contributed by atoms with E-state index in [1.807, 2.05) is 0 Å². The van der Waals surface area contributed by atoms with Crippen LogP contribution in [-0.2, 0) is 27.5 Å². The highest BCUT2D eigenvalue weighted by atomic mass is 32.2. The highest BCUT2D eigenvalue weighted by molar-refractivity contribution is 7.89.